The molecule has 0 spiro atoms. The third kappa shape index (κ3) is 1.60. The molecule has 66 valence electrons. The van der Waals surface area contributed by atoms with Crippen LogP contribution in [0.4, 0.5) is 0 Å². The fraction of sp³-hybridized carbons (Fsp3) is 1.00. The van der Waals surface area contributed by atoms with Gasteiger partial charge >= 0.3 is 0 Å². The minimum absolute atomic E-state index is 0.495. The van der Waals surface area contributed by atoms with Crippen molar-refractivity contribution in [2.45, 2.75) is 53.9 Å². The molecule has 0 saturated heterocycles. The summed E-state index contributed by atoms with van der Waals surface area (Å²) >= 11 is 0. The Balaban J connectivity index is 2.60. The van der Waals surface area contributed by atoms with Gasteiger partial charge in [0.05, 0.1) is 0 Å². The van der Waals surface area contributed by atoms with E-state index in [-0.39, 0.29) is 0 Å². The third-order valence-corrected chi connectivity index (χ3v) is 3.84. The van der Waals surface area contributed by atoms with E-state index in [9.17, 15) is 0 Å². The summed E-state index contributed by atoms with van der Waals surface area (Å²) in [6, 6.07) is 0. The molecule has 0 aromatic carbocycles. The molecule has 1 fully saturated rings. The normalized spacial score (nSPS) is 25.9. The number of rotatable bonds is 1. The maximum Gasteiger partial charge on any atom is -0.0295 e. The van der Waals surface area contributed by atoms with Gasteiger partial charge in [-0.2, -0.15) is 0 Å². The van der Waals surface area contributed by atoms with Gasteiger partial charge in [-0.05, 0) is 29.6 Å². The van der Waals surface area contributed by atoms with Gasteiger partial charge in [-0.25, -0.2) is 0 Å². The molecule has 1 rings (SSSR count). The minimum Gasteiger partial charge on any atom is -0.0615 e. The Morgan fingerprint density at radius 3 is 1.73 bits per heavy atom. The largest absolute Gasteiger partial charge is 0.0615 e. The molecule has 0 bridgehead atoms. The molecule has 0 heterocycles. The lowest BCUT2D eigenvalue weighted by molar-refractivity contribution is 0.0136. The zero-order valence-corrected chi connectivity index (χ0v) is 8.70. The van der Waals surface area contributed by atoms with Crippen molar-refractivity contribution < 1.29 is 0 Å². The highest BCUT2D eigenvalue weighted by Crippen LogP contribution is 2.52. The molecule has 1 atom stereocenters. The summed E-state index contributed by atoms with van der Waals surface area (Å²) in [5, 5.41) is 0. The molecule has 1 unspecified atom stereocenters. The zero-order chi connectivity index (χ0) is 8.70. The second-order valence-corrected chi connectivity index (χ2v) is 5.60. The summed E-state index contributed by atoms with van der Waals surface area (Å²) in [5.41, 5.74) is 1.16. The molecule has 11 heavy (non-hydrogen) atoms. The van der Waals surface area contributed by atoms with Gasteiger partial charge in [0.15, 0.2) is 0 Å². The predicted molar refractivity (Wildman–Crippen MR) is 50.6 cm³/mol. The smallest absolute Gasteiger partial charge is 0.0295 e. The Kier molecular flexibility index (Phi) is 2.07. The van der Waals surface area contributed by atoms with E-state index in [4.69, 9.17) is 0 Å². The lowest BCUT2D eigenvalue weighted by atomic mass is 9.56. The van der Waals surface area contributed by atoms with Crippen LogP contribution in [0.5, 0.6) is 0 Å². The van der Waals surface area contributed by atoms with Crippen LogP contribution in [0.25, 0.3) is 0 Å². The lowest BCUT2D eigenvalue weighted by Crippen LogP contribution is -2.39. The van der Waals surface area contributed by atoms with Gasteiger partial charge in [-0.3, -0.25) is 0 Å². The van der Waals surface area contributed by atoms with E-state index in [0.717, 1.165) is 5.92 Å². The first kappa shape index (κ1) is 9.09. The van der Waals surface area contributed by atoms with E-state index in [2.05, 4.69) is 34.6 Å². The van der Waals surface area contributed by atoms with Gasteiger partial charge in [-0.15, -0.1) is 0 Å². The van der Waals surface area contributed by atoms with Gasteiger partial charge < -0.3 is 0 Å². The van der Waals surface area contributed by atoms with E-state index in [1.807, 2.05) is 0 Å². The van der Waals surface area contributed by atoms with Crippen LogP contribution in [0.15, 0.2) is 0 Å². The van der Waals surface area contributed by atoms with Crippen molar-refractivity contribution in [3.8, 4) is 0 Å². The summed E-state index contributed by atoms with van der Waals surface area (Å²) < 4.78 is 0. The molecular weight excluding hydrogens is 132 g/mol. The SMILES string of the molecule is CC(C(C)(C)C)C1(C)CCC1. The van der Waals surface area contributed by atoms with Crippen molar-refractivity contribution in [2.24, 2.45) is 16.7 Å². The van der Waals surface area contributed by atoms with Gasteiger partial charge in [0.1, 0.15) is 0 Å². The van der Waals surface area contributed by atoms with Crippen molar-refractivity contribution in [3.63, 3.8) is 0 Å². The first-order valence-electron chi connectivity index (χ1n) is 4.86. The molecule has 0 aliphatic heterocycles. The van der Waals surface area contributed by atoms with Crippen molar-refractivity contribution in [1.82, 2.24) is 0 Å². The number of hydrogen-bond donors (Lipinski definition) is 0. The molecule has 0 amide bonds. The van der Waals surface area contributed by atoms with Gasteiger partial charge in [0.2, 0.25) is 0 Å². The molecule has 1 aliphatic carbocycles. The van der Waals surface area contributed by atoms with Gasteiger partial charge in [0, 0.05) is 0 Å². The fourth-order valence-corrected chi connectivity index (χ4v) is 2.21. The van der Waals surface area contributed by atoms with E-state index in [0.29, 0.717) is 10.8 Å². The topological polar surface area (TPSA) is 0 Å². The predicted octanol–water partition coefficient (Wildman–Crippen LogP) is 3.86. The first-order valence-corrected chi connectivity index (χ1v) is 4.86. The van der Waals surface area contributed by atoms with Crippen molar-refractivity contribution in [2.75, 3.05) is 0 Å². The minimum atomic E-state index is 0.495. The van der Waals surface area contributed by atoms with E-state index in [1.165, 1.54) is 19.3 Å². The second kappa shape index (κ2) is 2.50. The maximum atomic E-state index is 2.45. The van der Waals surface area contributed by atoms with Crippen LogP contribution >= 0.6 is 0 Å². The molecule has 0 heteroatoms. The van der Waals surface area contributed by atoms with Crippen LogP contribution in [-0.2, 0) is 0 Å². The van der Waals surface area contributed by atoms with Crippen LogP contribution in [0.1, 0.15) is 53.9 Å². The quantitative estimate of drug-likeness (QED) is 0.538. The highest BCUT2D eigenvalue weighted by Gasteiger charge is 2.41. The average Bonchev–Trinajstić information content (AvgIpc) is 1.79. The Morgan fingerprint density at radius 1 is 1.18 bits per heavy atom. The summed E-state index contributed by atoms with van der Waals surface area (Å²) in [5.74, 6) is 0.865. The summed E-state index contributed by atoms with van der Waals surface area (Å²) in [4.78, 5) is 0. The van der Waals surface area contributed by atoms with Crippen LogP contribution in [0.2, 0.25) is 0 Å². The summed E-state index contributed by atoms with van der Waals surface area (Å²) in [6.45, 7) is 12.0. The van der Waals surface area contributed by atoms with Gasteiger partial charge in [0.25, 0.3) is 0 Å². The molecule has 0 radical (unpaired) electrons. The highest BCUT2D eigenvalue weighted by molar-refractivity contribution is 4.92. The van der Waals surface area contributed by atoms with Crippen LogP contribution in [-0.4, -0.2) is 0 Å². The zero-order valence-electron chi connectivity index (χ0n) is 8.70. The molecule has 0 N–H and O–H groups in total. The van der Waals surface area contributed by atoms with Crippen molar-refractivity contribution in [1.29, 1.82) is 0 Å². The Bertz CT molecular complexity index is 135. The van der Waals surface area contributed by atoms with Crippen molar-refractivity contribution >= 4 is 0 Å². The van der Waals surface area contributed by atoms with Crippen LogP contribution < -0.4 is 0 Å². The number of hydrogen-bond acceptors (Lipinski definition) is 0. The molecule has 0 aromatic heterocycles. The summed E-state index contributed by atoms with van der Waals surface area (Å²) in [6.07, 6.45) is 4.35. The maximum absolute atomic E-state index is 2.45. The molecule has 0 aromatic rings. The van der Waals surface area contributed by atoms with Gasteiger partial charge in [-0.1, -0.05) is 41.0 Å². The Labute approximate surface area is 71.4 Å². The highest BCUT2D eigenvalue weighted by atomic mass is 14.5. The first-order chi connectivity index (χ1) is 4.86. The molecule has 1 aliphatic rings. The Hall–Kier alpha value is 0. The van der Waals surface area contributed by atoms with E-state index >= 15 is 0 Å². The Morgan fingerprint density at radius 2 is 1.64 bits per heavy atom. The van der Waals surface area contributed by atoms with E-state index < -0.39 is 0 Å². The lowest BCUT2D eigenvalue weighted by Gasteiger charge is -2.49. The third-order valence-electron chi connectivity index (χ3n) is 3.84. The van der Waals surface area contributed by atoms with Crippen LogP contribution in [0, 0.1) is 16.7 Å². The van der Waals surface area contributed by atoms with Crippen LogP contribution in [0.3, 0.4) is 0 Å². The van der Waals surface area contributed by atoms with E-state index in [1.54, 1.807) is 0 Å². The van der Waals surface area contributed by atoms with Crippen molar-refractivity contribution in [3.05, 3.63) is 0 Å². The summed E-state index contributed by atoms with van der Waals surface area (Å²) in [7, 11) is 0. The fourth-order valence-electron chi connectivity index (χ4n) is 2.21. The standard InChI is InChI=1S/C11H22/c1-9(10(2,3)4)11(5)7-6-8-11/h9H,6-8H2,1-5H3. The molecule has 1 saturated carbocycles. The molecule has 0 nitrogen and oxygen atoms in total. The second-order valence-electron chi connectivity index (χ2n) is 5.60. The monoisotopic (exact) mass is 154 g/mol. The molecular formula is C11H22. The average molecular weight is 154 g/mol.